The Balaban J connectivity index is 3.21. The van der Waals surface area contributed by atoms with Crippen molar-refractivity contribution in [1.82, 2.24) is 10.2 Å². The maximum Gasteiger partial charge on any atom is 0.331 e. The van der Waals surface area contributed by atoms with Gasteiger partial charge in [0.15, 0.2) is 0 Å². The van der Waals surface area contributed by atoms with Gasteiger partial charge in [0.05, 0.1) is 6.04 Å². The number of carboxylic acids is 1. The van der Waals surface area contributed by atoms with E-state index in [0.29, 0.717) is 28.1 Å². The first-order chi connectivity index (χ1) is 17.2. The number of allylic oxidation sites excluding steroid dienone is 2. The maximum atomic E-state index is 13.6. The van der Waals surface area contributed by atoms with Gasteiger partial charge in [-0.15, -0.1) is 0 Å². The summed E-state index contributed by atoms with van der Waals surface area (Å²) in [7, 11) is 1.96. The number of rotatable bonds is 14. The lowest BCUT2D eigenvalue weighted by Gasteiger charge is -2.34. The lowest BCUT2D eigenvalue weighted by Crippen LogP contribution is -2.44. The molecule has 0 fully saturated rings. The molecule has 0 aliphatic heterocycles. The van der Waals surface area contributed by atoms with E-state index in [2.05, 4.69) is 26.1 Å². The van der Waals surface area contributed by atoms with Crippen LogP contribution in [0.15, 0.2) is 41.5 Å². The van der Waals surface area contributed by atoms with E-state index in [9.17, 15) is 9.59 Å². The fraction of sp³-hybridized carbons (Fsp3) is 0.552. The number of hydrogen-bond acceptors (Lipinski definition) is 4. The number of carboxylic acid groups (broad SMARTS) is 1. The van der Waals surface area contributed by atoms with Crippen LogP contribution in [-0.2, 0) is 9.59 Å². The second-order valence-electron chi connectivity index (χ2n) is 10.7. The molecule has 8 heteroatoms. The highest BCUT2D eigenvalue weighted by Gasteiger charge is 2.28. The summed E-state index contributed by atoms with van der Waals surface area (Å²) >= 11 is 12.3. The number of halogens is 2. The zero-order valence-electron chi connectivity index (χ0n) is 23.3. The number of amides is 1. The Hall–Kier alpha value is -2.15. The summed E-state index contributed by atoms with van der Waals surface area (Å²) in [4.78, 5) is 26.5. The molecule has 37 heavy (non-hydrogen) atoms. The van der Waals surface area contributed by atoms with Gasteiger partial charge in [-0.25, -0.2) is 4.79 Å². The van der Waals surface area contributed by atoms with E-state index in [0.717, 1.165) is 37.8 Å². The largest absolute Gasteiger partial charge is 0.478 e. The third-order valence-corrected chi connectivity index (χ3v) is 7.28. The number of carbonyl (C=O) groups is 2. The molecule has 0 bridgehead atoms. The van der Waals surface area contributed by atoms with E-state index in [1.807, 2.05) is 20.9 Å². The van der Waals surface area contributed by atoms with E-state index >= 15 is 0 Å². The zero-order valence-corrected chi connectivity index (χ0v) is 24.8. The minimum absolute atomic E-state index is 0.146. The molecule has 1 amide bonds. The Morgan fingerprint density at radius 3 is 2.16 bits per heavy atom. The number of nitrogens with zero attached hydrogens (tertiary/aromatic N) is 1. The number of nitrogens with one attached hydrogen (secondary N) is 2. The molecule has 1 aromatic rings. The van der Waals surface area contributed by atoms with Gasteiger partial charge in [-0.05, 0) is 89.6 Å². The summed E-state index contributed by atoms with van der Waals surface area (Å²) < 4.78 is 0. The Labute approximate surface area is 232 Å². The van der Waals surface area contributed by atoms with E-state index in [1.165, 1.54) is 13.0 Å². The van der Waals surface area contributed by atoms with Gasteiger partial charge in [0.2, 0.25) is 0 Å². The lowest BCUT2D eigenvalue weighted by atomic mass is 9.75. The van der Waals surface area contributed by atoms with Crippen LogP contribution in [0.1, 0.15) is 72.8 Å². The third kappa shape index (κ3) is 11.0. The van der Waals surface area contributed by atoms with Crippen molar-refractivity contribution in [2.24, 2.45) is 11.3 Å². The van der Waals surface area contributed by atoms with Crippen molar-refractivity contribution in [3.8, 4) is 0 Å². The molecule has 0 heterocycles. The average molecular weight is 553 g/mol. The summed E-state index contributed by atoms with van der Waals surface area (Å²) in [6, 6.07) is 4.36. The standard InChI is InChI=1S/C29H43Cl2N3O3/c1-19(12-13-20(2)28(36)37)21(3)34(15-9-11-23(29(4,5)6)10-8-14-33-7)27(35)26(32)22-16-24(30)18-25(31)17-22/h12-13,16-18,21,23,32-33H,8-11,14-15H2,1-7H3,(H,36,37). The van der Waals surface area contributed by atoms with Gasteiger partial charge in [0, 0.05) is 27.7 Å². The summed E-state index contributed by atoms with van der Waals surface area (Å²) in [6.45, 7) is 13.5. The van der Waals surface area contributed by atoms with Crippen molar-refractivity contribution in [1.29, 1.82) is 5.41 Å². The predicted octanol–water partition coefficient (Wildman–Crippen LogP) is 7.00. The molecule has 0 spiro atoms. The summed E-state index contributed by atoms with van der Waals surface area (Å²) in [6.07, 6.45) is 7.21. The van der Waals surface area contributed by atoms with E-state index in [4.69, 9.17) is 33.7 Å². The monoisotopic (exact) mass is 551 g/mol. The molecule has 2 atom stereocenters. The van der Waals surface area contributed by atoms with Gasteiger partial charge >= 0.3 is 5.97 Å². The molecular weight excluding hydrogens is 509 g/mol. The van der Waals surface area contributed by atoms with Crippen LogP contribution in [0.3, 0.4) is 0 Å². The van der Waals surface area contributed by atoms with Crippen LogP contribution in [-0.4, -0.2) is 53.8 Å². The Kier molecular flexibility index (Phi) is 13.6. The Morgan fingerprint density at radius 2 is 1.65 bits per heavy atom. The molecule has 6 nitrogen and oxygen atoms in total. The normalized spacial score (nSPS) is 14.3. The minimum Gasteiger partial charge on any atom is -0.478 e. The molecule has 1 rings (SSSR count). The van der Waals surface area contributed by atoms with Crippen LogP contribution in [0.2, 0.25) is 10.0 Å². The van der Waals surface area contributed by atoms with Crippen LogP contribution in [0, 0.1) is 16.7 Å². The van der Waals surface area contributed by atoms with Crippen molar-refractivity contribution >= 4 is 40.8 Å². The third-order valence-electron chi connectivity index (χ3n) is 6.84. The maximum absolute atomic E-state index is 13.6. The van der Waals surface area contributed by atoms with Crippen LogP contribution in [0.25, 0.3) is 0 Å². The molecule has 2 unspecified atom stereocenters. The SMILES string of the molecule is CNCCCC(CCCN(C(=O)C(=N)c1cc(Cl)cc(Cl)c1)C(C)C(C)=CC=C(C)C(=O)O)C(C)(C)C. The van der Waals surface area contributed by atoms with Crippen molar-refractivity contribution in [3.63, 3.8) is 0 Å². The van der Waals surface area contributed by atoms with Gasteiger partial charge < -0.3 is 15.3 Å². The topological polar surface area (TPSA) is 93.5 Å². The van der Waals surface area contributed by atoms with Gasteiger partial charge in [-0.3, -0.25) is 10.2 Å². The van der Waals surface area contributed by atoms with Gasteiger partial charge in [0.25, 0.3) is 5.91 Å². The number of aliphatic carboxylic acids is 1. The first-order valence-corrected chi connectivity index (χ1v) is 13.5. The molecule has 0 saturated heterocycles. The molecule has 0 aromatic heterocycles. The number of hydrogen-bond donors (Lipinski definition) is 3. The fourth-order valence-electron chi connectivity index (χ4n) is 4.19. The lowest BCUT2D eigenvalue weighted by molar-refractivity contribution is -0.132. The van der Waals surface area contributed by atoms with Gasteiger partial charge in [-0.1, -0.05) is 61.7 Å². The molecule has 0 radical (unpaired) electrons. The first-order valence-electron chi connectivity index (χ1n) is 12.8. The van der Waals surface area contributed by atoms with Crippen molar-refractivity contribution in [2.75, 3.05) is 20.1 Å². The molecule has 0 saturated carbocycles. The summed E-state index contributed by atoms with van der Waals surface area (Å²) in [5.74, 6) is -0.909. The summed E-state index contributed by atoms with van der Waals surface area (Å²) in [5.41, 5.74) is 1.37. The van der Waals surface area contributed by atoms with Crippen LogP contribution >= 0.6 is 23.2 Å². The molecule has 0 aliphatic rings. The molecule has 1 aromatic carbocycles. The number of carbonyl (C=O) groups excluding carboxylic acids is 1. The molecular formula is C29H43Cl2N3O3. The highest BCUT2D eigenvalue weighted by Crippen LogP contribution is 2.33. The predicted molar refractivity (Wildman–Crippen MR) is 155 cm³/mol. The number of benzene rings is 1. The second kappa shape index (κ2) is 15.3. The van der Waals surface area contributed by atoms with Crippen molar-refractivity contribution < 1.29 is 14.7 Å². The van der Waals surface area contributed by atoms with Crippen LogP contribution in [0.4, 0.5) is 0 Å². The van der Waals surface area contributed by atoms with Crippen LogP contribution in [0.5, 0.6) is 0 Å². The highest BCUT2D eigenvalue weighted by molar-refractivity contribution is 6.45. The second-order valence-corrected chi connectivity index (χ2v) is 11.6. The van der Waals surface area contributed by atoms with Gasteiger partial charge in [-0.2, -0.15) is 0 Å². The molecule has 3 N–H and O–H groups in total. The van der Waals surface area contributed by atoms with E-state index < -0.39 is 11.9 Å². The van der Waals surface area contributed by atoms with E-state index in [-0.39, 0.29) is 22.7 Å². The molecule has 206 valence electrons. The fourth-order valence-corrected chi connectivity index (χ4v) is 4.72. The Morgan fingerprint density at radius 1 is 1.08 bits per heavy atom. The van der Waals surface area contributed by atoms with Crippen LogP contribution < -0.4 is 5.32 Å². The molecule has 0 aliphatic carbocycles. The highest BCUT2D eigenvalue weighted by atomic mass is 35.5. The van der Waals surface area contributed by atoms with E-state index in [1.54, 1.807) is 29.2 Å². The van der Waals surface area contributed by atoms with Crippen molar-refractivity contribution in [3.05, 3.63) is 57.1 Å². The quantitative estimate of drug-likeness (QED) is 0.100. The van der Waals surface area contributed by atoms with Crippen molar-refractivity contribution in [2.45, 2.75) is 73.3 Å². The summed E-state index contributed by atoms with van der Waals surface area (Å²) in [5, 5.41) is 21.7. The average Bonchev–Trinajstić information content (AvgIpc) is 2.81. The first kappa shape index (κ1) is 32.9. The van der Waals surface area contributed by atoms with Gasteiger partial charge in [0.1, 0.15) is 5.71 Å². The smallest absolute Gasteiger partial charge is 0.331 e. The minimum atomic E-state index is -0.990. The zero-order chi connectivity index (χ0) is 28.3. The Bertz CT molecular complexity index is 992.